The van der Waals surface area contributed by atoms with Gasteiger partial charge in [-0.25, -0.2) is 13.6 Å². The summed E-state index contributed by atoms with van der Waals surface area (Å²) in [7, 11) is 2.58. The molecule has 0 fully saturated rings. The first kappa shape index (κ1) is 15.8. The van der Waals surface area contributed by atoms with Gasteiger partial charge < -0.3 is 14.2 Å². The molecule has 0 spiro atoms. The minimum absolute atomic E-state index is 0.0175. The largest absolute Gasteiger partial charge is 0.493 e. The van der Waals surface area contributed by atoms with Gasteiger partial charge >= 0.3 is 5.97 Å². The fraction of sp³-hybridized carbons (Fsp3) is 0.188. The summed E-state index contributed by atoms with van der Waals surface area (Å²) in [4.78, 5) is 11.3. The Bertz CT molecular complexity index is 686. The van der Waals surface area contributed by atoms with Crippen LogP contribution in [0.4, 0.5) is 8.78 Å². The van der Waals surface area contributed by atoms with E-state index in [9.17, 15) is 13.6 Å². The predicted molar refractivity (Wildman–Crippen MR) is 75.0 cm³/mol. The normalized spacial score (nSPS) is 10.2. The number of rotatable bonds is 5. The third kappa shape index (κ3) is 3.33. The summed E-state index contributed by atoms with van der Waals surface area (Å²) >= 11 is 0. The van der Waals surface area contributed by atoms with Gasteiger partial charge in [0.15, 0.2) is 11.5 Å². The molecule has 0 amide bonds. The molecule has 0 bridgehead atoms. The summed E-state index contributed by atoms with van der Waals surface area (Å²) in [6.45, 7) is -0.204. The van der Waals surface area contributed by atoms with Crippen molar-refractivity contribution >= 4 is 5.97 Å². The maximum absolute atomic E-state index is 13.9. The minimum Gasteiger partial charge on any atom is -0.493 e. The van der Waals surface area contributed by atoms with Crippen LogP contribution in [0.2, 0.25) is 0 Å². The van der Waals surface area contributed by atoms with Crippen LogP contribution in [-0.2, 0) is 11.3 Å². The summed E-state index contributed by atoms with van der Waals surface area (Å²) in [6.07, 6.45) is 0. The number of carbonyl (C=O) groups is 1. The molecule has 22 heavy (non-hydrogen) atoms. The maximum atomic E-state index is 13.9. The first-order valence-electron chi connectivity index (χ1n) is 6.39. The molecule has 2 rings (SSSR count). The molecular weight excluding hydrogens is 294 g/mol. The molecule has 0 saturated heterocycles. The Morgan fingerprint density at radius 1 is 1.05 bits per heavy atom. The highest BCUT2D eigenvalue weighted by Gasteiger charge is 2.17. The highest BCUT2D eigenvalue weighted by Crippen LogP contribution is 2.27. The van der Waals surface area contributed by atoms with Gasteiger partial charge in [-0.1, -0.05) is 12.1 Å². The lowest BCUT2D eigenvalue weighted by molar-refractivity contribution is 0.0594. The van der Waals surface area contributed by atoms with E-state index in [0.717, 1.165) is 19.2 Å². The van der Waals surface area contributed by atoms with Crippen LogP contribution >= 0.6 is 0 Å². The lowest BCUT2D eigenvalue weighted by Gasteiger charge is -2.11. The van der Waals surface area contributed by atoms with E-state index in [1.165, 1.54) is 7.11 Å². The third-order valence-electron chi connectivity index (χ3n) is 2.99. The number of benzene rings is 2. The van der Waals surface area contributed by atoms with Crippen LogP contribution in [0.25, 0.3) is 0 Å². The SMILES string of the molecule is COC(=O)c1cc(F)c(COc2ccccc2OC)cc1F. The molecular formula is C16H14F2O4. The number of para-hydroxylation sites is 2. The van der Waals surface area contributed by atoms with Gasteiger partial charge in [-0.05, 0) is 24.3 Å². The van der Waals surface area contributed by atoms with Crippen LogP contribution in [0.3, 0.4) is 0 Å². The number of hydrogen-bond acceptors (Lipinski definition) is 4. The van der Waals surface area contributed by atoms with Crippen molar-refractivity contribution < 1.29 is 27.8 Å². The molecule has 2 aromatic rings. The summed E-state index contributed by atoms with van der Waals surface area (Å²) in [5.74, 6) is -1.67. The molecule has 6 heteroatoms. The fourth-order valence-electron chi connectivity index (χ4n) is 1.86. The topological polar surface area (TPSA) is 44.8 Å². The van der Waals surface area contributed by atoms with E-state index in [0.29, 0.717) is 11.5 Å². The summed E-state index contributed by atoms with van der Waals surface area (Å²) in [6, 6.07) is 8.54. The van der Waals surface area contributed by atoms with Crippen LogP contribution < -0.4 is 9.47 Å². The monoisotopic (exact) mass is 308 g/mol. The van der Waals surface area contributed by atoms with Crippen molar-refractivity contribution in [2.75, 3.05) is 14.2 Å². The lowest BCUT2D eigenvalue weighted by atomic mass is 10.1. The Hall–Kier alpha value is -2.63. The minimum atomic E-state index is -0.936. The molecule has 0 aliphatic heterocycles. The van der Waals surface area contributed by atoms with E-state index >= 15 is 0 Å². The highest BCUT2D eigenvalue weighted by atomic mass is 19.1. The van der Waals surface area contributed by atoms with Crippen LogP contribution in [-0.4, -0.2) is 20.2 Å². The van der Waals surface area contributed by atoms with Crippen LogP contribution in [0.5, 0.6) is 11.5 Å². The standard InChI is InChI=1S/C16H14F2O4/c1-20-14-5-3-4-6-15(14)22-9-10-7-13(18)11(8-12(10)17)16(19)21-2/h3-8H,9H2,1-2H3. The quantitative estimate of drug-likeness (QED) is 0.795. The van der Waals surface area contributed by atoms with E-state index in [1.807, 2.05) is 0 Å². The Balaban J connectivity index is 2.20. The van der Waals surface area contributed by atoms with E-state index < -0.39 is 23.2 Å². The Kier molecular flexibility index (Phi) is 4.93. The molecule has 0 saturated carbocycles. The lowest BCUT2D eigenvalue weighted by Crippen LogP contribution is -2.08. The molecule has 0 heterocycles. The van der Waals surface area contributed by atoms with Gasteiger partial charge in [-0.2, -0.15) is 0 Å². The Morgan fingerprint density at radius 3 is 2.36 bits per heavy atom. The zero-order valence-corrected chi connectivity index (χ0v) is 12.1. The van der Waals surface area contributed by atoms with Crippen molar-refractivity contribution in [1.29, 1.82) is 0 Å². The smallest absolute Gasteiger partial charge is 0.340 e. The average Bonchev–Trinajstić information content (AvgIpc) is 2.54. The van der Waals surface area contributed by atoms with Gasteiger partial charge in [0.05, 0.1) is 19.8 Å². The second-order valence-corrected chi connectivity index (χ2v) is 4.35. The zero-order chi connectivity index (χ0) is 16.1. The fourth-order valence-corrected chi connectivity index (χ4v) is 1.86. The number of esters is 1. The molecule has 0 N–H and O–H groups in total. The van der Waals surface area contributed by atoms with E-state index in [-0.39, 0.29) is 12.2 Å². The molecule has 0 aliphatic rings. The first-order valence-corrected chi connectivity index (χ1v) is 6.39. The van der Waals surface area contributed by atoms with Crippen molar-refractivity contribution in [2.45, 2.75) is 6.61 Å². The second-order valence-electron chi connectivity index (χ2n) is 4.35. The maximum Gasteiger partial charge on any atom is 0.340 e. The molecule has 0 unspecified atom stereocenters. The Labute approximate surface area is 126 Å². The van der Waals surface area contributed by atoms with Gasteiger partial charge in [0.1, 0.15) is 18.2 Å². The van der Waals surface area contributed by atoms with Gasteiger partial charge in [-0.3, -0.25) is 0 Å². The van der Waals surface area contributed by atoms with Crippen molar-refractivity contribution in [1.82, 2.24) is 0 Å². The summed E-state index contributed by atoms with van der Waals surface area (Å²) in [5, 5.41) is 0. The van der Waals surface area contributed by atoms with Gasteiger partial charge in [0.2, 0.25) is 0 Å². The van der Waals surface area contributed by atoms with Crippen LogP contribution in [0.15, 0.2) is 36.4 Å². The summed E-state index contributed by atoms with van der Waals surface area (Å²) < 4.78 is 42.6. The average molecular weight is 308 g/mol. The number of carbonyl (C=O) groups excluding carboxylic acids is 1. The molecule has 116 valence electrons. The molecule has 0 radical (unpaired) electrons. The molecule has 4 nitrogen and oxygen atoms in total. The molecule has 0 atom stereocenters. The third-order valence-corrected chi connectivity index (χ3v) is 2.99. The van der Waals surface area contributed by atoms with Crippen molar-refractivity contribution in [3.05, 3.63) is 59.2 Å². The predicted octanol–water partition coefficient (Wildman–Crippen LogP) is 3.34. The van der Waals surface area contributed by atoms with Crippen molar-refractivity contribution in [2.24, 2.45) is 0 Å². The number of ether oxygens (including phenoxy) is 3. The van der Waals surface area contributed by atoms with Gasteiger partial charge in [0, 0.05) is 5.56 Å². The van der Waals surface area contributed by atoms with E-state index in [1.54, 1.807) is 24.3 Å². The van der Waals surface area contributed by atoms with E-state index in [4.69, 9.17) is 9.47 Å². The Morgan fingerprint density at radius 2 is 1.73 bits per heavy atom. The molecule has 0 aliphatic carbocycles. The van der Waals surface area contributed by atoms with Crippen LogP contribution in [0.1, 0.15) is 15.9 Å². The van der Waals surface area contributed by atoms with E-state index in [2.05, 4.69) is 4.74 Å². The molecule has 2 aromatic carbocycles. The van der Waals surface area contributed by atoms with Crippen molar-refractivity contribution in [3.63, 3.8) is 0 Å². The zero-order valence-electron chi connectivity index (χ0n) is 12.1. The van der Waals surface area contributed by atoms with Crippen LogP contribution in [0, 0.1) is 11.6 Å². The second kappa shape index (κ2) is 6.89. The number of halogens is 2. The highest BCUT2D eigenvalue weighted by molar-refractivity contribution is 5.89. The van der Waals surface area contributed by atoms with Crippen molar-refractivity contribution in [3.8, 4) is 11.5 Å². The van der Waals surface area contributed by atoms with Gasteiger partial charge in [0.25, 0.3) is 0 Å². The van der Waals surface area contributed by atoms with Gasteiger partial charge in [-0.15, -0.1) is 0 Å². The summed E-state index contributed by atoms with van der Waals surface area (Å²) in [5.41, 5.74) is -0.475. The number of hydrogen-bond donors (Lipinski definition) is 0. The number of methoxy groups -OCH3 is 2. The molecule has 0 aromatic heterocycles. The first-order chi connectivity index (χ1) is 10.6.